The van der Waals surface area contributed by atoms with Gasteiger partial charge in [-0.2, -0.15) is 0 Å². The third-order valence-electron chi connectivity index (χ3n) is 2.84. The van der Waals surface area contributed by atoms with E-state index in [0.29, 0.717) is 6.42 Å². The number of ketones is 1. The van der Waals surface area contributed by atoms with E-state index in [2.05, 4.69) is 13.8 Å². The first-order chi connectivity index (χ1) is 6.57. The highest BCUT2D eigenvalue weighted by Crippen LogP contribution is 2.18. The highest BCUT2D eigenvalue weighted by molar-refractivity contribution is 5.97. The van der Waals surface area contributed by atoms with Crippen molar-refractivity contribution in [2.45, 2.75) is 40.5 Å². The first kappa shape index (κ1) is 11.0. The molecule has 0 atom stereocenters. The minimum Gasteiger partial charge on any atom is -0.294 e. The third-order valence-corrected chi connectivity index (χ3v) is 2.84. The van der Waals surface area contributed by atoms with E-state index in [0.717, 1.165) is 17.5 Å². The number of benzene rings is 1. The quantitative estimate of drug-likeness (QED) is 0.666. The van der Waals surface area contributed by atoms with E-state index < -0.39 is 0 Å². The van der Waals surface area contributed by atoms with Gasteiger partial charge >= 0.3 is 0 Å². The van der Waals surface area contributed by atoms with Crippen LogP contribution in [0.2, 0.25) is 0 Å². The predicted molar refractivity (Wildman–Crippen MR) is 59.9 cm³/mol. The van der Waals surface area contributed by atoms with Crippen LogP contribution in [0.5, 0.6) is 0 Å². The Morgan fingerprint density at radius 2 is 1.79 bits per heavy atom. The van der Waals surface area contributed by atoms with E-state index >= 15 is 0 Å². The van der Waals surface area contributed by atoms with Gasteiger partial charge in [0.15, 0.2) is 5.78 Å². The topological polar surface area (TPSA) is 17.1 Å². The van der Waals surface area contributed by atoms with Crippen LogP contribution in [-0.4, -0.2) is 5.78 Å². The zero-order chi connectivity index (χ0) is 10.7. The van der Waals surface area contributed by atoms with Crippen LogP contribution < -0.4 is 0 Å². The van der Waals surface area contributed by atoms with E-state index in [1.165, 1.54) is 11.1 Å². The SMILES string of the molecule is CCCC(=O)c1ccc(C)c(C)c1C. The van der Waals surface area contributed by atoms with Gasteiger partial charge < -0.3 is 0 Å². The molecule has 1 aromatic carbocycles. The summed E-state index contributed by atoms with van der Waals surface area (Å²) in [6, 6.07) is 3.99. The van der Waals surface area contributed by atoms with Crippen LogP contribution in [-0.2, 0) is 0 Å². The Kier molecular flexibility index (Phi) is 3.45. The molecular weight excluding hydrogens is 172 g/mol. The van der Waals surface area contributed by atoms with Gasteiger partial charge in [-0.15, -0.1) is 0 Å². The molecule has 0 unspecified atom stereocenters. The fourth-order valence-corrected chi connectivity index (χ4v) is 1.62. The van der Waals surface area contributed by atoms with Crippen LogP contribution in [0.4, 0.5) is 0 Å². The van der Waals surface area contributed by atoms with Crippen molar-refractivity contribution in [3.8, 4) is 0 Å². The van der Waals surface area contributed by atoms with Gasteiger partial charge in [-0.1, -0.05) is 19.1 Å². The molecule has 0 spiro atoms. The minimum absolute atomic E-state index is 0.271. The predicted octanol–water partition coefficient (Wildman–Crippen LogP) is 3.59. The van der Waals surface area contributed by atoms with Crippen molar-refractivity contribution >= 4 is 5.78 Å². The molecule has 0 aromatic heterocycles. The molecule has 1 nitrogen and oxygen atoms in total. The van der Waals surface area contributed by atoms with Gasteiger partial charge in [0.1, 0.15) is 0 Å². The molecule has 76 valence electrons. The van der Waals surface area contributed by atoms with E-state index in [1.54, 1.807) is 0 Å². The van der Waals surface area contributed by atoms with E-state index in [4.69, 9.17) is 0 Å². The summed E-state index contributed by atoms with van der Waals surface area (Å²) in [6.45, 7) is 8.23. The van der Waals surface area contributed by atoms with Crippen LogP contribution in [0, 0.1) is 20.8 Å². The monoisotopic (exact) mass is 190 g/mol. The summed E-state index contributed by atoms with van der Waals surface area (Å²) in [5.41, 5.74) is 4.54. The average Bonchev–Trinajstić information content (AvgIpc) is 2.15. The van der Waals surface area contributed by atoms with Gasteiger partial charge in [0.25, 0.3) is 0 Å². The summed E-state index contributed by atoms with van der Waals surface area (Å²) in [7, 11) is 0. The van der Waals surface area contributed by atoms with Crippen LogP contribution in [0.3, 0.4) is 0 Å². The lowest BCUT2D eigenvalue weighted by molar-refractivity contribution is 0.0981. The normalized spacial score (nSPS) is 10.3. The number of hydrogen-bond donors (Lipinski definition) is 0. The molecule has 0 fully saturated rings. The highest BCUT2D eigenvalue weighted by Gasteiger charge is 2.10. The molecule has 0 aliphatic heterocycles. The summed E-state index contributed by atoms with van der Waals surface area (Å²) >= 11 is 0. The summed E-state index contributed by atoms with van der Waals surface area (Å²) in [5, 5.41) is 0. The van der Waals surface area contributed by atoms with Crippen molar-refractivity contribution < 1.29 is 4.79 Å². The van der Waals surface area contributed by atoms with Crippen molar-refractivity contribution in [1.82, 2.24) is 0 Å². The maximum absolute atomic E-state index is 11.7. The first-order valence-electron chi connectivity index (χ1n) is 5.18. The summed E-state index contributed by atoms with van der Waals surface area (Å²) < 4.78 is 0. The molecule has 0 saturated carbocycles. The van der Waals surface area contributed by atoms with Gasteiger partial charge in [-0.05, 0) is 43.9 Å². The standard InChI is InChI=1S/C13H18O/c1-5-6-13(14)12-8-7-9(2)10(3)11(12)4/h7-8H,5-6H2,1-4H3. The van der Waals surface area contributed by atoms with Gasteiger partial charge in [-0.25, -0.2) is 0 Å². The Hall–Kier alpha value is -1.11. The molecular formula is C13H18O. The third kappa shape index (κ3) is 2.03. The Labute approximate surface area is 86.1 Å². The number of rotatable bonds is 3. The summed E-state index contributed by atoms with van der Waals surface area (Å²) in [4.78, 5) is 11.7. The van der Waals surface area contributed by atoms with Gasteiger partial charge in [0, 0.05) is 12.0 Å². The van der Waals surface area contributed by atoms with Crippen LogP contribution >= 0.6 is 0 Å². The maximum Gasteiger partial charge on any atom is 0.163 e. The lowest BCUT2D eigenvalue weighted by atomic mass is 9.95. The number of Topliss-reactive ketones (excluding diaryl/α,β-unsaturated/α-hetero) is 1. The molecule has 1 rings (SSSR count). The van der Waals surface area contributed by atoms with Crippen molar-refractivity contribution in [1.29, 1.82) is 0 Å². The van der Waals surface area contributed by atoms with Crippen molar-refractivity contribution in [3.63, 3.8) is 0 Å². The molecule has 0 bridgehead atoms. The van der Waals surface area contributed by atoms with Gasteiger partial charge in [0.05, 0.1) is 0 Å². The van der Waals surface area contributed by atoms with E-state index in [9.17, 15) is 4.79 Å². The Morgan fingerprint density at radius 3 is 2.36 bits per heavy atom. The zero-order valence-electron chi connectivity index (χ0n) is 9.48. The van der Waals surface area contributed by atoms with Crippen LogP contribution in [0.25, 0.3) is 0 Å². The largest absolute Gasteiger partial charge is 0.294 e. The Bertz CT molecular complexity index is 350. The number of hydrogen-bond acceptors (Lipinski definition) is 1. The first-order valence-corrected chi connectivity index (χ1v) is 5.18. The van der Waals surface area contributed by atoms with Crippen LogP contribution in [0.15, 0.2) is 12.1 Å². The van der Waals surface area contributed by atoms with Crippen molar-refractivity contribution in [2.75, 3.05) is 0 Å². The molecule has 0 amide bonds. The number of carbonyl (C=O) groups excluding carboxylic acids is 1. The average molecular weight is 190 g/mol. The molecule has 1 heteroatoms. The second kappa shape index (κ2) is 4.41. The molecule has 0 saturated heterocycles. The summed E-state index contributed by atoms with van der Waals surface area (Å²) in [5.74, 6) is 0.271. The minimum atomic E-state index is 0.271. The molecule has 0 N–H and O–H groups in total. The summed E-state index contributed by atoms with van der Waals surface area (Å²) in [6.07, 6.45) is 1.58. The lowest BCUT2D eigenvalue weighted by Crippen LogP contribution is -2.03. The Morgan fingerprint density at radius 1 is 1.14 bits per heavy atom. The van der Waals surface area contributed by atoms with Crippen LogP contribution in [0.1, 0.15) is 46.8 Å². The van der Waals surface area contributed by atoms with Gasteiger partial charge in [-0.3, -0.25) is 4.79 Å². The zero-order valence-corrected chi connectivity index (χ0v) is 9.48. The molecule has 1 aromatic rings. The lowest BCUT2D eigenvalue weighted by Gasteiger charge is -2.09. The molecule has 0 heterocycles. The van der Waals surface area contributed by atoms with Crippen molar-refractivity contribution in [3.05, 3.63) is 34.4 Å². The second-order valence-corrected chi connectivity index (χ2v) is 3.85. The van der Waals surface area contributed by atoms with E-state index in [1.807, 2.05) is 26.0 Å². The molecule has 0 radical (unpaired) electrons. The highest BCUT2D eigenvalue weighted by atomic mass is 16.1. The fraction of sp³-hybridized carbons (Fsp3) is 0.462. The number of carbonyl (C=O) groups is 1. The Balaban J connectivity index is 3.11. The maximum atomic E-state index is 11.7. The van der Waals surface area contributed by atoms with Gasteiger partial charge in [0.2, 0.25) is 0 Å². The fourth-order valence-electron chi connectivity index (χ4n) is 1.62. The van der Waals surface area contributed by atoms with Crippen molar-refractivity contribution in [2.24, 2.45) is 0 Å². The number of aryl methyl sites for hydroxylation is 1. The molecule has 0 aliphatic rings. The van der Waals surface area contributed by atoms with E-state index in [-0.39, 0.29) is 5.78 Å². The molecule has 14 heavy (non-hydrogen) atoms. The molecule has 0 aliphatic carbocycles. The second-order valence-electron chi connectivity index (χ2n) is 3.85. The smallest absolute Gasteiger partial charge is 0.163 e.